The molecule has 0 aromatic heterocycles. The predicted molar refractivity (Wildman–Crippen MR) is 378 cm³/mol. The molecule has 20 heteroatoms. The monoisotopic (exact) mass is 1390 g/mol. The van der Waals surface area contributed by atoms with Gasteiger partial charge in [-0.1, -0.05) is 117 Å². The Balaban J connectivity index is 0.000000208. The third-order valence-corrected chi connectivity index (χ3v) is 18.9. The minimum atomic E-state index is -10.7. The molecule has 0 saturated heterocycles. The first-order chi connectivity index (χ1) is 44.5. The van der Waals surface area contributed by atoms with E-state index in [-0.39, 0.29) is 21.7 Å². The van der Waals surface area contributed by atoms with Crippen LogP contribution in [-0.2, 0) is 26.4 Å². The molecule has 0 N–H and O–H groups in total. The summed E-state index contributed by atoms with van der Waals surface area (Å²) in [6.07, 6.45) is 22.6. The van der Waals surface area contributed by atoms with Crippen LogP contribution in [0.5, 0.6) is 5.75 Å². The molecule has 0 unspecified atom stereocenters. The maximum absolute atomic E-state index is 10.7. The van der Waals surface area contributed by atoms with E-state index < -0.39 is 15.6 Å². The van der Waals surface area contributed by atoms with E-state index in [1.54, 1.807) is 0 Å². The van der Waals surface area contributed by atoms with E-state index in [0.29, 0.717) is 0 Å². The molecule has 6 aliphatic rings. The zero-order valence-electron chi connectivity index (χ0n) is 58.6. The molecule has 97 heavy (non-hydrogen) atoms. The van der Waals surface area contributed by atoms with Gasteiger partial charge in [-0.25, -0.2) is 0 Å². The van der Waals surface area contributed by atoms with Crippen LogP contribution in [0.2, 0.25) is 0 Å². The predicted octanol–water partition coefficient (Wildman–Crippen LogP) is 25.4. The molecule has 5 aromatic carbocycles. The van der Waals surface area contributed by atoms with Gasteiger partial charge in [0, 0.05) is 82.1 Å². The molecule has 6 nitrogen and oxygen atoms in total. The van der Waals surface area contributed by atoms with Gasteiger partial charge in [-0.2, -0.15) is 9.15 Å². The first-order valence-corrected chi connectivity index (χ1v) is 36.9. The number of hydrogen-bond donors (Lipinski definition) is 0. The van der Waals surface area contributed by atoms with Gasteiger partial charge in [0.2, 0.25) is 11.4 Å². The molecule has 526 valence electrons. The van der Waals surface area contributed by atoms with Crippen molar-refractivity contribution in [1.82, 2.24) is 0 Å². The molecule has 11 rings (SSSR count). The SMILES string of the molecule is CCN1/C(=C/C=C2\CCC(/C=C/C3=[N+](CC)c4ccc(C)cc4C3(C)C)=C2OC)C(C)(C)c2cc(C)ccc21.CCN1/C(=C/C=C2\CCC(/C=C/C3=[N+](CC)c4ccc(C)cc4C3(C)C)=C2Oc2ccccc2)C(C)(C)c2cc(C)ccc21.F[P-](F)(F)(F)(F)F.F[P-](F)(F)(F)(F)F. The number of benzene rings is 5. The molecule has 5 aromatic rings. The van der Waals surface area contributed by atoms with Crippen molar-refractivity contribution >= 4 is 49.8 Å². The Morgan fingerprint density at radius 2 is 0.763 bits per heavy atom. The van der Waals surface area contributed by atoms with Gasteiger partial charge in [-0.3, -0.25) is 0 Å². The standard InChI is InChI=1S/C41H47N2O.C36H45N2O.2F6P/c1-9-42-35-22-16-28(3)26-33(35)40(5,6)37(42)24-20-30-18-19-31(39(30)44-32-14-12-11-13-15-32)21-25-38-41(7,8)34-27-29(4)17-23-36(34)43(38)10-2;1-10-37-30-18-12-24(3)22-28(30)35(5,6)32(37)20-16-26-14-15-27(34(26)39-9)17-21-33-36(7,8)29-23-25(4)13-19-31(29)38(33)11-2;2*1-7(2,3,4,5)6/h11-17,20-27H,9-10,18-19H2,1-8H3;12-13,16-23H,10-11,14-15H2,1-9H3;;/q2*+1;2*-1. The topological polar surface area (TPSA) is 31.0 Å². The summed E-state index contributed by atoms with van der Waals surface area (Å²) in [5.74, 6) is 2.90. The number of fused-ring (bicyclic) bond motifs is 4. The maximum atomic E-state index is 9.87. The molecule has 0 spiro atoms. The number of likely N-dealkylation sites (N-methyl/N-ethyl adjacent to an activating group) is 2. The quantitative estimate of drug-likeness (QED) is 0.0668. The molecule has 0 saturated carbocycles. The molecule has 2 aliphatic carbocycles. The summed E-state index contributed by atoms with van der Waals surface area (Å²) in [7, 11) is -19.5. The molecule has 4 heterocycles. The summed E-state index contributed by atoms with van der Waals surface area (Å²) < 4.78 is 136. The van der Waals surface area contributed by atoms with E-state index in [9.17, 15) is 50.4 Å². The number of nitrogens with zero attached hydrogens (tertiary/aromatic N) is 4. The number of halogens is 12. The van der Waals surface area contributed by atoms with Crippen molar-refractivity contribution < 1.29 is 69.0 Å². The second kappa shape index (κ2) is 25.7. The van der Waals surface area contributed by atoms with Crippen molar-refractivity contribution in [2.45, 2.75) is 158 Å². The van der Waals surface area contributed by atoms with Gasteiger partial charge < -0.3 is 19.3 Å². The third-order valence-electron chi connectivity index (χ3n) is 18.9. The van der Waals surface area contributed by atoms with Crippen LogP contribution in [0.1, 0.15) is 153 Å². The summed E-state index contributed by atoms with van der Waals surface area (Å²) in [5, 5.41) is 0. The van der Waals surface area contributed by atoms with E-state index in [1.165, 1.54) is 112 Å². The molecule has 4 aliphatic heterocycles. The Morgan fingerprint density at radius 1 is 0.423 bits per heavy atom. The van der Waals surface area contributed by atoms with E-state index >= 15 is 0 Å². The Labute approximate surface area is 564 Å². The number of aryl methyl sites for hydroxylation is 4. The minimum absolute atomic E-state index is 0.0334. The number of anilines is 2. The van der Waals surface area contributed by atoms with Crippen LogP contribution in [-0.4, -0.2) is 53.9 Å². The van der Waals surface area contributed by atoms with Gasteiger partial charge in [0.05, 0.1) is 17.9 Å². The second-order valence-corrected chi connectivity index (χ2v) is 31.6. The third kappa shape index (κ3) is 17.9. The van der Waals surface area contributed by atoms with Gasteiger partial charge in [0.25, 0.3) is 0 Å². The van der Waals surface area contributed by atoms with Crippen LogP contribution in [0, 0.1) is 27.7 Å². The molecule has 0 amide bonds. The molecule has 0 atom stereocenters. The Bertz CT molecular complexity index is 4210. The molecule has 0 bridgehead atoms. The van der Waals surface area contributed by atoms with Crippen molar-refractivity contribution in [3.8, 4) is 5.75 Å². The van der Waals surface area contributed by atoms with Crippen molar-refractivity contribution in [2.24, 2.45) is 0 Å². The number of rotatable bonds is 13. The van der Waals surface area contributed by atoms with E-state index in [2.05, 4.69) is 251 Å². The van der Waals surface area contributed by atoms with Crippen molar-refractivity contribution in [1.29, 1.82) is 0 Å². The first-order valence-electron chi connectivity index (χ1n) is 32.9. The van der Waals surface area contributed by atoms with Crippen LogP contribution in [0.15, 0.2) is 197 Å². The van der Waals surface area contributed by atoms with Gasteiger partial charge in [0.15, 0.2) is 11.4 Å². The van der Waals surface area contributed by atoms with Gasteiger partial charge >= 0.3 is 66.0 Å². The van der Waals surface area contributed by atoms with Crippen molar-refractivity contribution in [2.75, 3.05) is 43.1 Å². The average Bonchev–Trinajstić information content (AvgIpc) is 1.48. The fourth-order valence-corrected chi connectivity index (χ4v) is 14.3. The fourth-order valence-electron chi connectivity index (χ4n) is 14.3. The number of ether oxygens (including phenoxy) is 2. The van der Waals surface area contributed by atoms with Crippen LogP contribution in [0.25, 0.3) is 0 Å². The van der Waals surface area contributed by atoms with Crippen molar-refractivity contribution in [3.63, 3.8) is 0 Å². The fraction of sp³-hybridized carbons (Fsp3) is 0.377. The summed E-state index contributed by atoms with van der Waals surface area (Å²) >= 11 is 0. The number of methoxy groups -OCH3 is 1. The summed E-state index contributed by atoms with van der Waals surface area (Å²) in [6, 6.07) is 37.7. The van der Waals surface area contributed by atoms with Crippen LogP contribution in [0.4, 0.5) is 73.1 Å². The molecular formula is C77H92F12N4O2P2. The summed E-state index contributed by atoms with van der Waals surface area (Å²) in [6.45, 7) is 40.3. The Morgan fingerprint density at radius 3 is 1.11 bits per heavy atom. The Kier molecular flexibility index (Phi) is 20.0. The number of hydrogen-bond acceptors (Lipinski definition) is 4. The summed E-state index contributed by atoms with van der Waals surface area (Å²) in [4.78, 5) is 4.94. The van der Waals surface area contributed by atoms with Crippen LogP contribution in [0.3, 0.4) is 0 Å². The Hall–Kier alpha value is -7.42. The van der Waals surface area contributed by atoms with Gasteiger partial charge in [-0.15, -0.1) is 0 Å². The molecule has 0 fully saturated rings. The van der Waals surface area contributed by atoms with Crippen LogP contribution < -0.4 is 14.5 Å². The van der Waals surface area contributed by atoms with E-state index in [0.717, 1.165) is 69.1 Å². The number of para-hydroxylation sites is 1. The number of allylic oxidation sites excluding steroid dienone is 14. The second-order valence-electron chi connectivity index (χ2n) is 27.7. The van der Waals surface area contributed by atoms with E-state index in [1.807, 2.05) is 37.4 Å². The van der Waals surface area contributed by atoms with Gasteiger partial charge in [0.1, 0.15) is 30.4 Å². The normalized spacial score (nSPS) is 21.3. The summed E-state index contributed by atoms with van der Waals surface area (Å²) in [5.41, 5.74) is 26.5. The zero-order chi connectivity index (χ0) is 72.2. The molecular weight excluding hydrogens is 1300 g/mol. The van der Waals surface area contributed by atoms with E-state index in [4.69, 9.17) is 9.47 Å². The first kappa shape index (κ1) is 75.4. The average molecular weight is 1400 g/mol. The van der Waals surface area contributed by atoms with Crippen LogP contribution >= 0.6 is 15.6 Å². The molecule has 0 radical (unpaired) electrons. The van der Waals surface area contributed by atoms with Gasteiger partial charge in [-0.05, 0) is 203 Å². The zero-order valence-corrected chi connectivity index (χ0v) is 60.4. The van der Waals surface area contributed by atoms with Crippen molar-refractivity contribution in [3.05, 3.63) is 241 Å².